The molecule has 6 fully saturated rings. The van der Waals surface area contributed by atoms with Crippen molar-refractivity contribution >= 4 is 41.5 Å². The van der Waals surface area contributed by atoms with E-state index in [0.717, 1.165) is 13.8 Å². The van der Waals surface area contributed by atoms with Gasteiger partial charge in [-0.15, -0.1) is 0 Å². The summed E-state index contributed by atoms with van der Waals surface area (Å²) in [6, 6.07) is -8.32. The standard InChI is InChI=1S/C53H86N4O42/c1-14(66)54-27-16(68)3-51(48(83)84,96-41(27)31(74)19(71)6-58)94-21(8-60)33(76)42-28(56-25(72)12-64)17(69)4-52(97-42,49(85)86)95-22(9-61)34(77)43-29(57-26(73)13-65)18(70)5-53(98-43,50(87)88)99-44-38(81)47(92-39-23(10-62)89-45(82)37(80)36(39)79)91-24(11-63)40(44)93-46-30(55-15(2)67)35(78)32(75)20(7-59)90-46/h16-24,27-47,58-65,68-71,74-82H,3-13H2,1-2H3,(H,54,66)(H,55,67)(H,56,72)(H,57,73)(H,83,84)(H,85,86)(H,87,88)/t16-,17-,18-,19+,20+,21+,22+,23+,24+,27+,28+,29+,30+,31+,32-,33+,34+,35+,36+,37+,38+,39+,40-,41+,42+,43+,44+,45+,46-,47-,51+,52+,53-/m0/s1. The van der Waals surface area contributed by atoms with Crippen LogP contribution in [0.25, 0.3) is 0 Å². The predicted octanol–water partition coefficient (Wildman–Crippen LogP) is -18.0. The Bertz CT molecular complexity index is 2710. The summed E-state index contributed by atoms with van der Waals surface area (Å²) in [5.74, 6) is -22.8. The van der Waals surface area contributed by atoms with Crippen LogP contribution in [0.15, 0.2) is 0 Å². The molecule has 6 saturated heterocycles. The van der Waals surface area contributed by atoms with Crippen molar-refractivity contribution in [3.8, 4) is 0 Å². The van der Waals surface area contributed by atoms with Gasteiger partial charge in [0.25, 0.3) is 17.4 Å². The van der Waals surface area contributed by atoms with Gasteiger partial charge >= 0.3 is 17.9 Å². The molecular formula is C53H86N4O42. The molecule has 4 amide bonds. The first kappa shape index (κ1) is 83.0. The highest BCUT2D eigenvalue weighted by molar-refractivity contribution is 5.80. The molecule has 0 aliphatic carbocycles. The zero-order valence-corrected chi connectivity index (χ0v) is 52.2. The van der Waals surface area contributed by atoms with Crippen LogP contribution in [0.3, 0.4) is 0 Å². The van der Waals surface area contributed by atoms with Gasteiger partial charge in [-0.3, -0.25) is 19.2 Å². The highest BCUT2D eigenvalue weighted by Crippen LogP contribution is 2.43. The van der Waals surface area contributed by atoms with Crippen molar-refractivity contribution in [1.82, 2.24) is 21.3 Å². The number of ether oxygens (including phenoxy) is 11. The van der Waals surface area contributed by atoms with Crippen molar-refractivity contribution in [2.24, 2.45) is 0 Å². The molecule has 46 nitrogen and oxygen atoms in total. The Labute approximate surface area is 556 Å². The minimum absolute atomic E-state index is 0.904. The number of amides is 4. The Morgan fingerprint density at radius 2 is 0.828 bits per heavy atom. The van der Waals surface area contributed by atoms with Crippen molar-refractivity contribution < 1.29 is 208 Å². The Morgan fingerprint density at radius 3 is 1.24 bits per heavy atom. The van der Waals surface area contributed by atoms with Crippen LogP contribution in [0, 0.1) is 0 Å². The van der Waals surface area contributed by atoms with Gasteiger partial charge in [0.1, 0.15) is 141 Å². The van der Waals surface area contributed by atoms with Crippen LogP contribution >= 0.6 is 0 Å². The molecule has 0 saturated carbocycles. The third kappa shape index (κ3) is 18.2. The van der Waals surface area contributed by atoms with E-state index in [-0.39, 0.29) is 0 Å². The average Bonchev–Trinajstić information content (AvgIpc) is 0.748. The summed E-state index contributed by atoms with van der Waals surface area (Å²) < 4.78 is 62.8. The highest BCUT2D eigenvalue weighted by atomic mass is 16.8. The average molecular weight is 1450 g/mol. The maximum Gasteiger partial charge on any atom is 0.364 e. The summed E-state index contributed by atoms with van der Waals surface area (Å²) in [6.45, 7) is -9.34. The molecule has 0 spiro atoms. The second-order valence-electron chi connectivity index (χ2n) is 24.0. The molecule has 46 heteroatoms. The lowest BCUT2D eigenvalue weighted by molar-refractivity contribution is -0.401. The number of aliphatic hydroxyl groups excluding tert-OH is 21. The number of hydrogen-bond acceptors (Lipinski definition) is 39. The first-order valence-corrected chi connectivity index (χ1v) is 30.3. The van der Waals surface area contributed by atoms with E-state index in [4.69, 9.17) is 52.1 Å². The normalized spacial score (nSPS) is 41.5. The van der Waals surface area contributed by atoms with Crippen LogP contribution in [0.4, 0.5) is 0 Å². The van der Waals surface area contributed by atoms with E-state index < -0.39 is 314 Å². The molecule has 0 aromatic carbocycles. The maximum atomic E-state index is 14.0. The molecule has 6 rings (SSSR count). The minimum Gasteiger partial charge on any atom is -0.477 e. The Kier molecular flexibility index (Phi) is 29.3. The van der Waals surface area contributed by atoms with E-state index in [0.29, 0.717) is 0 Å². The Balaban J connectivity index is 1.44. The molecule has 33 atom stereocenters. The zero-order chi connectivity index (χ0) is 74.2. The van der Waals surface area contributed by atoms with Gasteiger partial charge in [0, 0.05) is 33.1 Å². The van der Waals surface area contributed by atoms with Crippen LogP contribution in [0.1, 0.15) is 33.1 Å². The number of nitrogens with one attached hydrogen (secondary N) is 4. The number of carboxylic acids is 3. The van der Waals surface area contributed by atoms with Gasteiger partial charge in [0.05, 0.1) is 76.1 Å². The van der Waals surface area contributed by atoms with Crippen molar-refractivity contribution in [1.29, 1.82) is 0 Å². The highest BCUT2D eigenvalue weighted by Gasteiger charge is 2.65. The minimum atomic E-state index is -3.75. The zero-order valence-electron chi connectivity index (χ0n) is 52.2. The lowest BCUT2D eigenvalue weighted by atomic mass is 9.86. The number of carbonyl (C=O) groups is 7. The molecule has 0 aromatic rings. The predicted molar refractivity (Wildman–Crippen MR) is 300 cm³/mol. The van der Waals surface area contributed by atoms with E-state index in [9.17, 15) is 156 Å². The smallest absolute Gasteiger partial charge is 0.364 e. The second kappa shape index (κ2) is 35.0. The topological polar surface area (TPSA) is 755 Å². The van der Waals surface area contributed by atoms with E-state index in [2.05, 4.69) is 10.6 Å². The molecule has 0 bridgehead atoms. The van der Waals surface area contributed by atoms with Gasteiger partial charge < -0.3 is 196 Å². The molecule has 0 unspecified atom stereocenters. The molecule has 28 N–H and O–H groups in total. The number of aliphatic hydroxyl groups is 21. The van der Waals surface area contributed by atoms with E-state index >= 15 is 0 Å². The van der Waals surface area contributed by atoms with Crippen molar-refractivity contribution in [2.75, 3.05) is 52.9 Å². The Hall–Kier alpha value is -4.99. The molecule has 570 valence electrons. The molecular weight excluding hydrogens is 1360 g/mol. The summed E-state index contributed by atoms with van der Waals surface area (Å²) in [7, 11) is 0. The monoisotopic (exact) mass is 1450 g/mol. The number of carbonyl (C=O) groups excluding carboxylic acids is 4. The van der Waals surface area contributed by atoms with Gasteiger partial charge in [0.2, 0.25) is 23.6 Å². The number of hydrogen-bond donors (Lipinski definition) is 28. The van der Waals surface area contributed by atoms with Crippen LogP contribution in [-0.2, 0) is 85.7 Å². The third-order valence-electron chi connectivity index (χ3n) is 17.2. The SMILES string of the molecule is CC(=O)N[C@H]1[C@H](O[C@@H]2[C@H](O[C@]3(C(=O)O)C[C@H](O)[C@@H](NC(=O)CO)[C@H]([C@H](O)[C@@H](CO)O[C@]4(C(=O)O)C[C@H](O)[C@@H](NC(=O)CO)[C@H]([C@H](O)[C@@H](CO)O[C@]5(C(=O)O)C[C@H](O)[C@@H](NC(C)=O)[C@H]([C@H](O)[C@H](O)CO)O5)O4)O3)[C@@H](O)[C@H](O[C@H]3[C@H](O)[C@@H](O)[C@H](O)O[C@@H]3CO)O[C@@H]2CO)O[C@H](CO)[C@H](O)[C@@H]1O. The van der Waals surface area contributed by atoms with E-state index in [1.807, 2.05) is 10.6 Å². The van der Waals surface area contributed by atoms with Gasteiger partial charge in [-0.05, 0) is 0 Å². The maximum absolute atomic E-state index is 14.0. The first-order valence-electron chi connectivity index (χ1n) is 30.3. The fourth-order valence-electron chi connectivity index (χ4n) is 12.2. The number of rotatable bonds is 31. The fourth-order valence-corrected chi connectivity index (χ4v) is 12.2. The summed E-state index contributed by atoms with van der Waals surface area (Å²) >= 11 is 0. The van der Waals surface area contributed by atoms with Gasteiger partial charge in [-0.1, -0.05) is 0 Å². The third-order valence-corrected chi connectivity index (χ3v) is 17.2. The van der Waals surface area contributed by atoms with Crippen LogP contribution in [0.2, 0.25) is 0 Å². The lowest BCUT2D eigenvalue weighted by Crippen LogP contribution is -2.73. The molecule has 6 aliphatic rings. The quantitative estimate of drug-likeness (QED) is 0.0306. The lowest BCUT2D eigenvalue weighted by Gasteiger charge is -2.52. The number of aliphatic carboxylic acids is 3. The molecule has 0 aromatic heterocycles. The second-order valence-corrected chi connectivity index (χ2v) is 24.0. The molecule has 0 radical (unpaired) electrons. The molecule has 99 heavy (non-hydrogen) atoms. The summed E-state index contributed by atoms with van der Waals surface area (Å²) in [5, 5.41) is 270. The first-order chi connectivity index (χ1) is 46.4. The van der Waals surface area contributed by atoms with Crippen LogP contribution < -0.4 is 21.3 Å². The van der Waals surface area contributed by atoms with Gasteiger partial charge in [-0.2, -0.15) is 0 Å². The van der Waals surface area contributed by atoms with Crippen molar-refractivity contribution in [2.45, 2.75) is 234 Å². The van der Waals surface area contributed by atoms with Crippen molar-refractivity contribution in [3.63, 3.8) is 0 Å². The van der Waals surface area contributed by atoms with E-state index in [1.165, 1.54) is 0 Å². The Morgan fingerprint density at radius 1 is 0.434 bits per heavy atom. The fraction of sp³-hybridized carbons (Fsp3) is 0.868. The summed E-state index contributed by atoms with van der Waals surface area (Å²) in [4.78, 5) is 91.3. The summed E-state index contributed by atoms with van der Waals surface area (Å²) in [5.41, 5.74) is 0. The van der Waals surface area contributed by atoms with Gasteiger partial charge in [-0.25, -0.2) is 14.4 Å². The largest absolute Gasteiger partial charge is 0.477 e. The van der Waals surface area contributed by atoms with Crippen LogP contribution in [-0.4, -0.2) is 418 Å². The number of carboxylic acid groups (broad SMARTS) is 3. The van der Waals surface area contributed by atoms with Crippen LogP contribution in [0.5, 0.6) is 0 Å². The van der Waals surface area contributed by atoms with E-state index in [1.54, 1.807) is 0 Å². The molecule has 6 heterocycles. The van der Waals surface area contributed by atoms with Gasteiger partial charge in [0.15, 0.2) is 18.9 Å². The summed E-state index contributed by atoms with van der Waals surface area (Å²) in [6.07, 6.45) is -66.3. The van der Waals surface area contributed by atoms with Crippen molar-refractivity contribution in [3.05, 3.63) is 0 Å². The molecule has 6 aliphatic heterocycles.